The molecule has 0 aliphatic carbocycles. The lowest BCUT2D eigenvalue weighted by Gasteiger charge is -2.40. The number of rotatable bonds is 8. The van der Waals surface area contributed by atoms with Crippen LogP contribution in [0, 0.1) is 0 Å². The number of benzene rings is 2. The maximum atomic E-state index is 13.1. The van der Waals surface area contributed by atoms with Crippen LogP contribution in [0.5, 0.6) is 5.75 Å². The average molecular weight is 367 g/mol. The topological polar surface area (TPSA) is 41.6 Å². The molecule has 4 heteroatoms. The van der Waals surface area contributed by atoms with E-state index in [1.54, 1.807) is 0 Å². The normalized spacial score (nSPS) is 16.2. The lowest BCUT2D eigenvalue weighted by Crippen LogP contribution is -2.46. The number of para-hydroxylation sites is 1. The van der Waals surface area contributed by atoms with Crippen molar-refractivity contribution in [3.63, 3.8) is 0 Å². The zero-order valence-corrected chi connectivity index (χ0v) is 16.6. The van der Waals surface area contributed by atoms with Crippen molar-refractivity contribution < 1.29 is 9.53 Å². The fourth-order valence-electron chi connectivity index (χ4n) is 3.54. The molecule has 1 heterocycles. The molecule has 2 aromatic rings. The monoisotopic (exact) mass is 366 g/mol. The van der Waals surface area contributed by atoms with Gasteiger partial charge in [-0.15, -0.1) is 0 Å². The zero-order valence-electron chi connectivity index (χ0n) is 16.6. The Bertz CT molecular complexity index is 772. The Morgan fingerprint density at radius 2 is 1.89 bits per heavy atom. The predicted octanol–water partition coefficient (Wildman–Crippen LogP) is 5.62. The molecule has 1 N–H and O–H groups in total. The maximum Gasteiger partial charge on any atom is 0.258 e. The lowest BCUT2D eigenvalue weighted by molar-refractivity contribution is 0.0616. The SMILES string of the molecule is CCCCCCOc1cccc(C2Nc3ccccc3C(=O)N2C(C)C)c1. The van der Waals surface area contributed by atoms with Gasteiger partial charge in [-0.05, 0) is 50.1 Å². The van der Waals surface area contributed by atoms with Gasteiger partial charge in [-0.1, -0.05) is 50.5 Å². The van der Waals surface area contributed by atoms with Gasteiger partial charge >= 0.3 is 0 Å². The molecule has 0 spiro atoms. The number of unbranched alkanes of at least 4 members (excludes halogenated alkanes) is 3. The van der Waals surface area contributed by atoms with E-state index in [2.05, 4.69) is 32.2 Å². The number of ether oxygens (including phenoxy) is 1. The summed E-state index contributed by atoms with van der Waals surface area (Å²) >= 11 is 0. The first-order chi connectivity index (χ1) is 13.1. The number of carbonyl (C=O) groups is 1. The van der Waals surface area contributed by atoms with Crippen LogP contribution in [0.2, 0.25) is 0 Å². The van der Waals surface area contributed by atoms with Gasteiger partial charge in [0.1, 0.15) is 11.9 Å². The van der Waals surface area contributed by atoms with Crippen molar-refractivity contribution in [2.75, 3.05) is 11.9 Å². The third kappa shape index (κ3) is 4.44. The molecule has 4 nitrogen and oxygen atoms in total. The highest BCUT2D eigenvalue weighted by Gasteiger charge is 2.34. The quantitative estimate of drug-likeness (QED) is 0.616. The number of amides is 1. The van der Waals surface area contributed by atoms with Crippen LogP contribution < -0.4 is 10.1 Å². The highest BCUT2D eigenvalue weighted by Crippen LogP contribution is 2.35. The first-order valence-electron chi connectivity index (χ1n) is 10.0. The molecule has 1 aliphatic heterocycles. The zero-order chi connectivity index (χ0) is 19.2. The van der Waals surface area contributed by atoms with Crippen molar-refractivity contribution in [2.24, 2.45) is 0 Å². The molecule has 27 heavy (non-hydrogen) atoms. The number of fused-ring (bicyclic) bond motifs is 1. The predicted molar refractivity (Wildman–Crippen MR) is 110 cm³/mol. The molecule has 0 saturated carbocycles. The van der Waals surface area contributed by atoms with Gasteiger partial charge in [0.2, 0.25) is 0 Å². The van der Waals surface area contributed by atoms with E-state index in [0.29, 0.717) is 0 Å². The standard InChI is InChI=1S/C23H30N2O2/c1-4-5-6-9-15-27-19-12-10-11-18(16-19)22-24-21-14-8-7-13-20(21)23(26)25(22)17(2)3/h7-8,10-14,16-17,22,24H,4-6,9,15H2,1-3H3. The molecule has 0 fully saturated rings. The first kappa shape index (κ1) is 19.3. The molecule has 0 bridgehead atoms. The van der Waals surface area contributed by atoms with Crippen molar-refractivity contribution in [3.8, 4) is 5.75 Å². The fourth-order valence-corrected chi connectivity index (χ4v) is 3.54. The number of hydrogen-bond acceptors (Lipinski definition) is 3. The van der Waals surface area contributed by atoms with Gasteiger partial charge < -0.3 is 15.0 Å². The van der Waals surface area contributed by atoms with Gasteiger partial charge in [-0.2, -0.15) is 0 Å². The summed E-state index contributed by atoms with van der Waals surface area (Å²) in [5, 5.41) is 3.54. The van der Waals surface area contributed by atoms with Gasteiger partial charge in [0, 0.05) is 11.7 Å². The summed E-state index contributed by atoms with van der Waals surface area (Å²) in [5.41, 5.74) is 2.65. The summed E-state index contributed by atoms with van der Waals surface area (Å²) < 4.78 is 5.94. The van der Waals surface area contributed by atoms with Crippen molar-refractivity contribution in [2.45, 2.75) is 58.7 Å². The van der Waals surface area contributed by atoms with Crippen LogP contribution in [-0.2, 0) is 0 Å². The molecule has 1 unspecified atom stereocenters. The number of carbonyl (C=O) groups excluding carboxylic acids is 1. The summed E-state index contributed by atoms with van der Waals surface area (Å²) in [5.74, 6) is 0.927. The van der Waals surface area contributed by atoms with Crippen LogP contribution in [0.3, 0.4) is 0 Å². The minimum atomic E-state index is -0.198. The smallest absolute Gasteiger partial charge is 0.258 e. The number of nitrogens with zero attached hydrogens (tertiary/aromatic N) is 1. The van der Waals surface area contributed by atoms with Crippen LogP contribution in [0.4, 0.5) is 5.69 Å². The van der Waals surface area contributed by atoms with E-state index in [-0.39, 0.29) is 18.1 Å². The number of hydrogen-bond donors (Lipinski definition) is 1. The second-order valence-electron chi connectivity index (χ2n) is 7.38. The van der Waals surface area contributed by atoms with Crippen LogP contribution >= 0.6 is 0 Å². The third-order valence-corrected chi connectivity index (χ3v) is 4.96. The fraction of sp³-hybridized carbons (Fsp3) is 0.435. The van der Waals surface area contributed by atoms with E-state index in [9.17, 15) is 4.79 Å². The van der Waals surface area contributed by atoms with E-state index in [1.807, 2.05) is 47.4 Å². The Morgan fingerprint density at radius 1 is 1.07 bits per heavy atom. The molecule has 144 valence electrons. The van der Waals surface area contributed by atoms with Crippen LogP contribution in [-0.4, -0.2) is 23.5 Å². The van der Waals surface area contributed by atoms with Crippen LogP contribution in [0.25, 0.3) is 0 Å². The summed E-state index contributed by atoms with van der Waals surface area (Å²) in [6.45, 7) is 7.04. The van der Waals surface area contributed by atoms with Gasteiger partial charge in [0.25, 0.3) is 5.91 Å². The molecule has 1 aliphatic rings. The minimum Gasteiger partial charge on any atom is -0.494 e. The molecule has 0 aromatic heterocycles. The second-order valence-corrected chi connectivity index (χ2v) is 7.38. The summed E-state index contributed by atoms with van der Waals surface area (Å²) in [6.07, 6.45) is 4.55. The van der Waals surface area contributed by atoms with Crippen molar-refractivity contribution >= 4 is 11.6 Å². The highest BCUT2D eigenvalue weighted by molar-refractivity contribution is 6.01. The third-order valence-electron chi connectivity index (χ3n) is 4.96. The van der Waals surface area contributed by atoms with Crippen molar-refractivity contribution in [3.05, 3.63) is 59.7 Å². The Labute approximate surface area is 162 Å². The van der Waals surface area contributed by atoms with E-state index in [4.69, 9.17) is 4.74 Å². The second kappa shape index (κ2) is 8.94. The molecule has 0 saturated heterocycles. The molecular weight excluding hydrogens is 336 g/mol. The van der Waals surface area contributed by atoms with Crippen molar-refractivity contribution in [1.82, 2.24) is 4.90 Å². The van der Waals surface area contributed by atoms with E-state index in [1.165, 1.54) is 19.3 Å². The minimum absolute atomic E-state index is 0.0650. The number of nitrogens with one attached hydrogen (secondary N) is 1. The van der Waals surface area contributed by atoms with Gasteiger partial charge in [-0.3, -0.25) is 4.79 Å². The van der Waals surface area contributed by atoms with E-state index in [0.717, 1.165) is 35.6 Å². The highest BCUT2D eigenvalue weighted by atomic mass is 16.5. The summed E-state index contributed by atoms with van der Waals surface area (Å²) in [4.78, 5) is 15.0. The van der Waals surface area contributed by atoms with Gasteiger partial charge in [0.15, 0.2) is 0 Å². The van der Waals surface area contributed by atoms with Crippen molar-refractivity contribution in [1.29, 1.82) is 0 Å². The van der Waals surface area contributed by atoms with Crippen LogP contribution in [0.1, 0.15) is 68.5 Å². The first-order valence-corrected chi connectivity index (χ1v) is 10.0. The molecule has 3 rings (SSSR count). The van der Waals surface area contributed by atoms with E-state index < -0.39 is 0 Å². The summed E-state index contributed by atoms with van der Waals surface area (Å²) in [7, 11) is 0. The Kier molecular flexibility index (Phi) is 6.38. The molecular formula is C23H30N2O2. The molecule has 1 amide bonds. The lowest BCUT2D eigenvalue weighted by atomic mass is 10.0. The Balaban J connectivity index is 1.80. The number of anilines is 1. The Hall–Kier alpha value is -2.49. The maximum absolute atomic E-state index is 13.1. The average Bonchev–Trinajstić information content (AvgIpc) is 2.67. The van der Waals surface area contributed by atoms with Crippen LogP contribution in [0.15, 0.2) is 48.5 Å². The molecule has 0 radical (unpaired) electrons. The van der Waals surface area contributed by atoms with Gasteiger partial charge in [-0.25, -0.2) is 0 Å². The Morgan fingerprint density at radius 3 is 2.67 bits per heavy atom. The van der Waals surface area contributed by atoms with Gasteiger partial charge in [0.05, 0.1) is 12.2 Å². The summed E-state index contributed by atoms with van der Waals surface area (Å²) in [6, 6.07) is 15.9. The molecule has 1 atom stereocenters. The largest absolute Gasteiger partial charge is 0.494 e. The van der Waals surface area contributed by atoms with E-state index >= 15 is 0 Å². The molecule has 2 aromatic carbocycles.